The number of quaternary nitrogens is 1. The first kappa shape index (κ1) is 12.4. The van der Waals surface area contributed by atoms with Gasteiger partial charge in [0.25, 0.3) is 0 Å². The van der Waals surface area contributed by atoms with Crippen LogP contribution in [0.3, 0.4) is 0 Å². The molecule has 2 aromatic carbocycles. The Balaban J connectivity index is 1.87. The predicted molar refractivity (Wildman–Crippen MR) is 82.4 cm³/mol. The summed E-state index contributed by atoms with van der Waals surface area (Å²) in [6.45, 7) is 4.28. The molecule has 4 heteroatoms. The Hall–Kier alpha value is -2.33. The molecule has 2 N–H and O–H groups in total. The van der Waals surface area contributed by atoms with E-state index < -0.39 is 0 Å². The highest BCUT2D eigenvalue weighted by molar-refractivity contribution is 6.03. The molecule has 0 saturated carbocycles. The lowest BCUT2D eigenvalue weighted by Crippen LogP contribution is -2.89. The van der Waals surface area contributed by atoms with Gasteiger partial charge in [-0.05, 0) is 24.3 Å². The summed E-state index contributed by atoms with van der Waals surface area (Å²) in [5.74, 6) is 2.74. The van der Waals surface area contributed by atoms with Gasteiger partial charge < -0.3 is 15.0 Å². The molecule has 4 rings (SSSR count). The third kappa shape index (κ3) is 2.28. The summed E-state index contributed by atoms with van der Waals surface area (Å²) in [5.41, 5.74) is 1.98. The second kappa shape index (κ2) is 5.22. The summed E-state index contributed by atoms with van der Waals surface area (Å²) >= 11 is 0. The van der Waals surface area contributed by atoms with Crippen LogP contribution in [0.4, 0.5) is 5.69 Å². The minimum absolute atomic E-state index is 0.823. The van der Waals surface area contributed by atoms with Crippen LogP contribution in [0.25, 0.3) is 0 Å². The number of nitrogens with zero attached hydrogens (tertiary/aromatic N) is 2. The van der Waals surface area contributed by atoms with Gasteiger partial charge in [-0.2, -0.15) is 0 Å². The van der Waals surface area contributed by atoms with Gasteiger partial charge >= 0.3 is 0 Å². The maximum Gasteiger partial charge on any atom is 0.153 e. The van der Waals surface area contributed by atoms with Crippen molar-refractivity contribution < 1.29 is 10.1 Å². The summed E-state index contributed by atoms with van der Waals surface area (Å²) in [6.07, 6.45) is 0. The van der Waals surface area contributed by atoms with E-state index in [1.807, 2.05) is 42.5 Å². The number of hydrogen-bond acceptors (Lipinski definition) is 3. The molecule has 106 valence electrons. The summed E-state index contributed by atoms with van der Waals surface area (Å²) < 4.78 is 6.07. The van der Waals surface area contributed by atoms with E-state index in [1.165, 1.54) is 0 Å². The highest BCUT2D eigenvalue weighted by Crippen LogP contribution is 2.37. The molecule has 2 aliphatic heterocycles. The largest absolute Gasteiger partial charge is 0.454 e. The molecule has 21 heavy (non-hydrogen) atoms. The standard InChI is InChI=1S/C17H17N3O/c1-3-7-15-13(5-1)17(20-11-9-18-10-12-20)19-14-6-2-4-8-16(14)21-15/h1-8,18H,9-12H2/p+1. The first-order chi connectivity index (χ1) is 10.4. The second-order valence-electron chi connectivity index (χ2n) is 5.35. The van der Waals surface area contributed by atoms with Crippen LogP contribution in [0, 0.1) is 0 Å². The predicted octanol–water partition coefficient (Wildman–Crippen LogP) is 1.75. The molecular formula is C17H18N3O+. The van der Waals surface area contributed by atoms with Gasteiger partial charge in [-0.15, -0.1) is 0 Å². The number of rotatable bonds is 0. The van der Waals surface area contributed by atoms with Gasteiger partial charge in [0.1, 0.15) is 17.3 Å². The van der Waals surface area contributed by atoms with Gasteiger partial charge in [-0.3, -0.25) is 0 Å². The zero-order chi connectivity index (χ0) is 14.1. The van der Waals surface area contributed by atoms with Gasteiger partial charge in [0, 0.05) is 0 Å². The number of aliphatic imine (C=N–C) groups is 1. The van der Waals surface area contributed by atoms with Crippen LogP contribution in [0.5, 0.6) is 11.5 Å². The first-order valence-corrected chi connectivity index (χ1v) is 7.43. The number of benzene rings is 2. The van der Waals surface area contributed by atoms with Gasteiger partial charge in [-0.25, -0.2) is 4.99 Å². The van der Waals surface area contributed by atoms with Gasteiger partial charge in [0.15, 0.2) is 5.75 Å². The SMILES string of the molecule is c1ccc2c(c1)N=C(N1CC[NH2+]CC1)c1ccccc1O2. The van der Waals surface area contributed by atoms with Crippen molar-refractivity contribution in [3.05, 3.63) is 54.1 Å². The summed E-state index contributed by atoms with van der Waals surface area (Å²) in [7, 11) is 0. The molecular weight excluding hydrogens is 262 g/mol. The minimum Gasteiger partial charge on any atom is -0.454 e. The number of amidine groups is 1. The smallest absolute Gasteiger partial charge is 0.153 e. The Labute approximate surface area is 124 Å². The molecule has 4 nitrogen and oxygen atoms in total. The molecule has 0 bridgehead atoms. The lowest BCUT2D eigenvalue weighted by atomic mass is 10.1. The fourth-order valence-corrected chi connectivity index (χ4v) is 2.87. The van der Waals surface area contributed by atoms with Crippen molar-refractivity contribution in [2.45, 2.75) is 0 Å². The molecule has 0 radical (unpaired) electrons. The minimum atomic E-state index is 0.823. The van der Waals surface area contributed by atoms with Crippen molar-refractivity contribution >= 4 is 11.5 Å². The normalized spacial score (nSPS) is 17.1. The molecule has 2 aromatic rings. The van der Waals surface area contributed by atoms with Crippen LogP contribution in [0.1, 0.15) is 5.56 Å². The van der Waals surface area contributed by atoms with Crippen molar-refractivity contribution in [2.24, 2.45) is 4.99 Å². The molecule has 2 heterocycles. The molecule has 0 unspecified atom stereocenters. The number of fused-ring (bicyclic) bond motifs is 2. The lowest BCUT2D eigenvalue weighted by Gasteiger charge is -2.28. The molecule has 1 fully saturated rings. The Morgan fingerprint density at radius 1 is 0.905 bits per heavy atom. The summed E-state index contributed by atoms with van der Waals surface area (Å²) in [6, 6.07) is 16.1. The van der Waals surface area contributed by atoms with Crippen molar-refractivity contribution in [2.75, 3.05) is 26.2 Å². The number of piperazine rings is 1. The van der Waals surface area contributed by atoms with Gasteiger partial charge in [-0.1, -0.05) is 24.3 Å². The van der Waals surface area contributed by atoms with Gasteiger partial charge in [0.05, 0.1) is 31.7 Å². The zero-order valence-electron chi connectivity index (χ0n) is 11.8. The third-order valence-electron chi connectivity index (χ3n) is 3.95. The topological polar surface area (TPSA) is 41.4 Å². The first-order valence-electron chi connectivity index (χ1n) is 7.43. The molecule has 0 atom stereocenters. The molecule has 0 aliphatic carbocycles. The molecule has 2 aliphatic rings. The average molecular weight is 280 g/mol. The Bertz CT molecular complexity index is 690. The van der Waals surface area contributed by atoms with Crippen LogP contribution in [0.15, 0.2) is 53.5 Å². The van der Waals surface area contributed by atoms with Crippen molar-refractivity contribution in [3.63, 3.8) is 0 Å². The summed E-state index contributed by atoms with van der Waals surface area (Å²) in [5, 5.41) is 2.35. The van der Waals surface area contributed by atoms with Crippen LogP contribution >= 0.6 is 0 Å². The summed E-state index contributed by atoms with van der Waals surface area (Å²) in [4.78, 5) is 7.27. The second-order valence-corrected chi connectivity index (χ2v) is 5.35. The van der Waals surface area contributed by atoms with E-state index in [0.717, 1.165) is 54.8 Å². The van der Waals surface area contributed by atoms with Crippen molar-refractivity contribution in [1.29, 1.82) is 0 Å². The highest BCUT2D eigenvalue weighted by atomic mass is 16.5. The van der Waals surface area contributed by atoms with Crippen LogP contribution in [-0.2, 0) is 0 Å². The van der Waals surface area contributed by atoms with E-state index in [9.17, 15) is 0 Å². The Kier molecular flexibility index (Phi) is 3.09. The van der Waals surface area contributed by atoms with E-state index in [2.05, 4.69) is 16.3 Å². The Morgan fingerprint density at radius 2 is 1.62 bits per heavy atom. The zero-order valence-corrected chi connectivity index (χ0v) is 11.8. The molecule has 0 spiro atoms. The quantitative estimate of drug-likeness (QED) is 0.799. The van der Waals surface area contributed by atoms with Crippen molar-refractivity contribution in [1.82, 2.24) is 4.90 Å². The van der Waals surface area contributed by atoms with E-state index in [1.54, 1.807) is 0 Å². The van der Waals surface area contributed by atoms with E-state index in [0.29, 0.717) is 0 Å². The third-order valence-corrected chi connectivity index (χ3v) is 3.95. The molecule has 0 amide bonds. The number of hydrogen-bond donors (Lipinski definition) is 1. The van der Waals surface area contributed by atoms with Crippen LogP contribution in [0.2, 0.25) is 0 Å². The Morgan fingerprint density at radius 3 is 2.48 bits per heavy atom. The van der Waals surface area contributed by atoms with Crippen LogP contribution in [-0.4, -0.2) is 36.9 Å². The maximum absolute atomic E-state index is 6.07. The number of nitrogens with two attached hydrogens (primary N) is 1. The van der Waals surface area contributed by atoms with E-state index in [4.69, 9.17) is 9.73 Å². The molecule has 1 saturated heterocycles. The van der Waals surface area contributed by atoms with Gasteiger partial charge in [0.2, 0.25) is 0 Å². The van der Waals surface area contributed by atoms with Crippen LogP contribution < -0.4 is 10.1 Å². The number of ether oxygens (including phenoxy) is 1. The maximum atomic E-state index is 6.07. The fourth-order valence-electron chi connectivity index (χ4n) is 2.87. The average Bonchev–Trinajstić information content (AvgIpc) is 2.72. The molecule has 0 aromatic heterocycles. The number of para-hydroxylation sites is 3. The van der Waals surface area contributed by atoms with E-state index >= 15 is 0 Å². The van der Waals surface area contributed by atoms with Crippen molar-refractivity contribution in [3.8, 4) is 11.5 Å². The fraction of sp³-hybridized carbons (Fsp3) is 0.235. The highest BCUT2D eigenvalue weighted by Gasteiger charge is 2.24. The lowest BCUT2D eigenvalue weighted by molar-refractivity contribution is -0.661. The van der Waals surface area contributed by atoms with E-state index in [-0.39, 0.29) is 0 Å². The monoisotopic (exact) mass is 280 g/mol.